The molecule has 0 spiro atoms. The second-order valence-electron chi connectivity index (χ2n) is 4.41. The van der Waals surface area contributed by atoms with Crippen LogP contribution in [0.3, 0.4) is 0 Å². The van der Waals surface area contributed by atoms with Gasteiger partial charge in [-0.25, -0.2) is 14.8 Å². The number of benzene rings is 1. The summed E-state index contributed by atoms with van der Waals surface area (Å²) in [4.78, 5) is 4.04. The summed E-state index contributed by atoms with van der Waals surface area (Å²) in [5.74, 6) is 4.96. The molecule has 21 heavy (non-hydrogen) atoms. The fourth-order valence-corrected chi connectivity index (χ4v) is 2.09. The van der Waals surface area contributed by atoms with E-state index in [4.69, 9.17) is 5.84 Å². The third-order valence-corrected chi connectivity index (χ3v) is 3.15. The van der Waals surface area contributed by atoms with Crippen molar-refractivity contribution in [2.45, 2.75) is 25.7 Å². The minimum atomic E-state index is -4.55. The lowest BCUT2D eigenvalue weighted by Gasteiger charge is -2.19. The molecule has 2 rings (SSSR count). The summed E-state index contributed by atoms with van der Waals surface area (Å²) in [5, 5.41) is 0. The van der Waals surface area contributed by atoms with E-state index in [9.17, 15) is 17.6 Å². The molecular weight excluding hydrogens is 288 g/mol. The first kappa shape index (κ1) is 15.5. The molecule has 2 aromatic rings. The van der Waals surface area contributed by atoms with E-state index in [0.717, 1.165) is 12.1 Å². The van der Waals surface area contributed by atoms with Gasteiger partial charge in [0.15, 0.2) is 0 Å². The Morgan fingerprint density at radius 3 is 2.67 bits per heavy atom. The number of hydrazine groups is 1. The van der Waals surface area contributed by atoms with Gasteiger partial charge in [-0.1, -0.05) is 0 Å². The first-order valence-electron chi connectivity index (χ1n) is 6.22. The number of imidazole rings is 1. The van der Waals surface area contributed by atoms with E-state index >= 15 is 0 Å². The van der Waals surface area contributed by atoms with Crippen LogP contribution < -0.4 is 11.3 Å². The Morgan fingerprint density at radius 1 is 1.38 bits per heavy atom. The summed E-state index contributed by atoms with van der Waals surface area (Å²) in [6, 6.07) is 1.25. The number of nitrogens with zero attached hydrogens (tertiary/aromatic N) is 2. The number of halogens is 4. The molecule has 0 aliphatic heterocycles. The van der Waals surface area contributed by atoms with Gasteiger partial charge in [0.1, 0.15) is 17.7 Å². The minimum Gasteiger partial charge on any atom is -0.334 e. The maximum absolute atomic E-state index is 13.9. The predicted octanol–water partition coefficient (Wildman–Crippen LogP) is 2.61. The van der Waals surface area contributed by atoms with E-state index < -0.39 is 23.6 Å². The van der Waals surface area contributed by atoms with Gasteiger partial charge in [-0.3, -0.25) is 5.84 Å². The molecule has 0 bridgehead atoms. The smallest absolute Gasteiger partial charge is 0.334 e. The summed E-state index contributed by atoms with van der Waals surface area (Å²) < 4.78 is 53.9. The molecule has 1 aromatic heterocycles. The van der Waals surface area contributed by atoms with Gasteiger partial charge in [0.25, 0.3) is 0 Å². The van der Waals surface area contributed by atoms with Crippen molar-refractivity contribution in [1.29, 1.82) is 0 Å². The van der Waals surface area contributed by atoms with E-state index in [1.165, 1.54) is 6.20 Å². The standard InChI is InChI=1S/C13H14F4N4/c1-2-21-6-5-19-12(21)11(20-18)9-7-8(13(15,16)17)3-4-10(9)14/h3-7,11,20H,2,18H2,1H3. The molecule has 4 nitrogen and oxygen atoms in total. The number of aromatic nitrogens is 2. The average Bonchev–Trinajstić information content (AvgIpc) is 2.88. The molecule has 0 amide bonds. The van der Waals surface area contributed by atoms with Crippen molar-refractivity contribution in [3.8, 4) is 0 Å². The zero-order valence-electron chi connectivity index (χ0n) is 11.2. The third-order valence-electron chi connectivity index (χ3n) is 3.15. The second-order valence-corrected chi connectivity index (χ2v) is 4.41. The fraction of sp³-hybridized carbons (Fsp3) is 0.308. The number of aryl methyl sites for hydroxylation is 1. The third kappa shape index (κ3) is 3.06. The van der Waals surface area contributed by atoms with Crippen LogP contribution in [0, 0.1) is 5.82 Å². The van der Waals surface area contributed by atoms with E-state index in [-0.39, 0.29) is 5.56 Å². The van der Waals surface area contributed by atoms with Crippen LogP contribution in [0.15, 0.2) is 30.6 Å². The van der Waals surface area contributed by atoms with Crippen LogP contribution in [-0.4, -0.2) is 9.55 Å². The number of nitrogens with one attached hydrogen (secondary N) is 1. The van der Waals surface area contributed by atoms with Crippen LogP contribution in [0.1, 0.15) is 29.9 Å². The lowest BCUT2D eigenvalue weighted by Crippen LogP contribution is -2.32. The van der Waals surface area contributed by atoms with E-state index in [2.05, 4.69) is 10.4 Å². The van der Waals surface area contributed by atoms with Gasteiger partial charge in [0.2, 0.25) is 0 Å². The number of rotatable bonds is 4. The largest absolute Gasteiger partial charge is 0.416 e. The highest BCUT2D eigenvalue weighted by atomic mass is 19.4. The van der Waals surface area contributed by atoms with Crippen molar-refractivity contribution in [2.24, 2.45) is 5.84 Å². The van der Waals surface area contributed by atoms with Gasteiger partial charge in [-0.05, 0) is 25.1 Å². The first-order chi connectivity index (χ1) is 9.88. The number of alkyl halides is 3. The zero-order chi connectivity index (χ0) is 15.6. The Kier molecular flexibility index (Phi) is 4.29. The van der Waals surface area contributed by atoms with Crippen molar-refractivity contribution in [1.82, 2.24) is 15.0 Å². The molecule has 0 fully saturated rings. The summed E-state index contributed by atoms with van der Waals surface area (Å²) in [7, 11) is 0. The Balaban J connectivity index is 2.52. The van der Waals surface area contributed by atoms with Crippen molar-refractivity contribution < 1.29 is 17.6 Å². The molecular formula is C13H14F4N4. The molecule has 1 aromatic carbocycles. The molecule has 0 saturated heterocycles. The molecule has 0 saturated carbocycles. The van der Waals surface area contributed by atoms with Gasteiger partial charge >= 0.3 is 6.18 Å². The maximum Gasteiger partial charge on any atom is 0.416 e. The van der Waals surface area contributed by atoms with E-state index in [1.54, 1.807) is 10.8 Å². The van der Waals surface area contributed by atoms with Crippen LogP contribution in [0.4, 0.5) is 17.6 Å². The fourth-order valence-electron chi connectivity index (χ4n) is 2.09. The predicted molar refractivity (Wildman–Crippen MR) is 68.5 cm³/mol. The van der Waals surface area contributed by atoms with Crippen molar-refractivity contribution in [2.75, 3.05) is 0 Å². The Hall–Kier alpha value is -1.93. The molecule has 1 unspecified atom stereocenters. The van der Waals surface area contributed by atoms with E-state index in [0.29, 0.717) is 18.4 Å². The zero-order valence-corrected chi connectivity index (χ0v) is 11.2. The van der Waals surface area contributed by atoms with E-state index in [1.807, 2.05) is 6.92 Å². The van der Waals surface area contributed by atoms with Crippen LogP contribution >= 0.6 is 0 Å². The van der Waals surface area contributed by atoms with Crippen molar-refractivity contribution in [3.63, 3.8) is 0 Å². The topological polar surface area (TPSA) is 55.9 Å². The highest BCUT2D eigenvalue weighted by Gasteiger charge is 2.32. The van der Waals surface area contributed by atoms with Crippen LogP contribution in [0.5, 0.6) is 0 Å². The normalized spacial score (nSPS) is 13.4. The van der Waals surface area contributed by atoms with Gasteiger partial charge < -0.3 is 4.57 Å². The van der Waals surface area contributed by atoms with Crippen LogP contribution in [0.25, 0.3) is 0 Å². The summed E-state index contributed by atoms with van der Waals surface area (Å²) in [6.07, 6.45) is -1.43. The average molecular weight is 302 g/mol. The molecule has 114 valence electrons. The van der Waals surface area contributed by atoms with Crippen molar-refractivity contribution in [3.05, 3.63) is 53.4 Å². The molecule has 0 aliphatic carbocycles. The quantitative estimate of drug-likeness (QED) is 0.518. The molecule has 1 atom stereocenters. The first-order valence-corrected chi connectivity index (χ1v) is 6.22. The monoisotopic (exact) mass is 302 g/mol. The van der Waals surface area contributed by atoms with Crippen LogP contribution in [0.2, 0.25) is 0 Å². The SMILES string of the molecule is CCn1ccnc1C(NN)c1cc(C(F)(F)F)ccc1F. The minimum absolute atomic E-state index is 0.201. The molecule has 8 heteroatoms. The highest BCUT2D eigenvalue weighted by Crippen LogP contribution is 2.33. The van der Waals surface area contributed by atoms with Crippen LogP contribution in [-0.2, 0) is 12.7 Å². The molecule has 0 aliphatic rings. The second kappa shape index (κ2) is 5.82. The Morgan fingerprint density at radius 2 is 2.10 bits per heavy atom. The number of hydrogen-bond acceptors (Lipinski definition) is 3. The molecule has 1 heterocycles. The van der Waals surface area contributed by atoms with Gasteiger partial charge in [-0.2, -0.15) is 13.2 Å². The summed E-state index contributed by atoms with van der Waals surface area (Å²) in [6.45, 7) is 2.37. The van der Waals surface area contributed by atoms with Gasteiger partial charge in [-0.15, -0.1) is 0 Å². The van der Waals surface area contributed by atoms with Crippen molar-refractivity contribution >= 4 is 0 Å². The Bertz CT molecular complexity index is 621. The van der Waals surface area contributed by atoms with Gasteiger partial charge in [0.05, 0.1) is 5.56 Å². The number of nitrogens with two attached hydrogens (primary N) is 1. The molecule has 3 N–H and O–H groups in total. The maximum atomic E-state index is 13.9. The summed E-state index contributed by atoms with van der Waals surface area (Å²) >= 11 is 0. The summed E-state index contributed by atoms with van der Waals surface area (Å²) in [5.41, 5.74) is 1.19. The lowest BCUT2D eigenvalue weighted by atomic mass is 10.0. The Labute approximate surface area is 118 Å². The highest BCUT2D eigenvalue weighted by molar-refractivity contribution is 5.32. The lowest BCUT2D eigenvalue weighted by molar-refractivity contribution is -0.137. The molecule has 0 radical (unpaired) electrons. The van der Waals surface area contributed by atoms with Gasteiger partial charge in [0, 0.05) is 24.5 Å². The number of hydrogen-bond donors (Lipinski definition) is 2.